The molecule has 0 radical (unpaired) electrons. The first kappa shape index (κ1) is 12.0. The third kappa shape index (κ3) is 4.31. The van der Waals surface area contributed by atoms with Gasteiger partial charge in [0.1, 0.15) is 0 Å². The summed E-state index contributed by atoms with van der Waals surface area (Å²) in [5.41, 5.74) is 1.22. The Morgan fingerprint density at radius 2 is 2.33 bits per heavy atom. The summed E-state index contributed by atoms with van der Waals surface area (Å²) in [6.07, 6.45) is 0. The quantitative estimate of drug-likeness (QED) is 0.750. The van der Waals surface area contributed by atoms with Gasteiger partial charge in [-0.25, -0.2) is 4.79 Å². The number of nitrogens with one attached hydrogen (secondary N) is 2. The second-order valence-electron chi connectivity index (χ2n) is 3.13. The fourth-order valence-electron chi connectivity index (χ4n) is 1.07. The van der Waals surface area contributed by atoms with Crippen molar-refractivity contribution in [3.05, 3.63) is 21.9 Å². The van der Waals surface area contributed by atoms with Gasteiger partial charge in [-0.1, -0.05) is 0 Å². The van der Waals surface area contributed by atoms with Gasteiger partial charge in [-0.15, -0.1) is 11.3 Å². The summed E-state index contributed by atoms with van der Waals surface area (Å²) in [6, 6.07) is 1.89. The average molecular weight is 228 g/mol. The molecule has 0 aliphatic carbocycles. The number of ether oxygens (including phenoxy) is 1. The monoisotopic (exact) mass is 228 g/mol. The highest BCUT2D eigenvalue weighted by atomic mass is 32.1. The maximum Gasteiger partial charge on any atom is 0.315 e. The number of hydrogen-bond acceptors (Lipinski definition) is 3. The minimum atomic E-state index is -0.153. The Hall–Kier alpha value is -1.07. The molecule has 84 valence electrons. The van der Waals surface area contributed by atoms with Crippen molar-refractivity contribution in [3.63, 3.8) is 0 Å². The molecule has 15 heavy (non-hydrogen) atoms. The van der Waals surface area contributed by atoms with E-state index in [-0.39, 0.29) is 6.03 Å². The van der Waals surface area contributed by atoms with Crippen LogP contribution in [0.3, 0.4) is 0 Å². The van der Waals surface area contributed by atoms with Crippen molar-refractivity contribution in [2.24, 2.45) is 0 Å². The molecule has 1 rings (SSSR count). The van der Waals surface area contributed by atoms with Crippen molar-refractivity contribution in [3.8, 4) is 0 Å². The van der Waals surface area contributed by atoms with Crippen LogP contribution in [0.5, 0.6) is 0 Å². The van der Waals surface area contributed by atoms with Gasteiger partial charge in [0.25, 0.3) is 0 Å². The molecule has 4 nitrogen and oxygen atoms in total. The van der Waals surface area contributed by atoms with Gasteiger partial charge in [0.15, 0.2) is 0 Å². The van der Waals surface area contributed by atoms with Crippen LogP contribution >= 0.6 is 11.3 Å². The first-order chi connectivity index (χ1) is 7.24. The lowest BCUT2D eigenvalue weighted by Gasteiger charge is -2.06. The summed E-state index contributed by atoms with van der Waals surface area (Å²) < 4.78 is 4.82. The van der Waals surface area contributed by atoms with E-state index in [2.05, 4.69) is 10.6 Å². The summed E-state index contributed by atoms with van der Waals surface area (Å²) in [5.74, 6) is 0. The van der Waals surface area contributed by atoms with E-state index in [1.165, 1.54) is 10.4 Å². The van der Waals surface area contributed by atoms with Crippen molar-refractivity contribution in [2.75, 3.05) is 20.3 Å². The second-order valence-corrected chi connectivity index (χ2v) is 4.13. The van der Waals surface area contributed by atoms with Crippen molar-refractivity contribution in [1.29, 1.82) is 0 Å². The summed E-state index contributed by atoms with van der Waals surface area (Å²) >= 11 is 1.65. The highest BCUT2D eigenvalue weighted by Gasteiger charge is 2.02. The van der Waals surface area contributed by atoms with Crippen LogP contribution in [-0.4, -0.2) is 26.3 Å². The van der Waals surface area contributed by atoms with E-state index in [0.717, 1.165) is 0 Å². The van der Waals surface area contributed by atoms with Crippen LogP contribution in [0.1, 0.15) is 10.4 Å². The highest BCUT2D eigenvalue weighted by molar-refractivity contribution is 7.10. The van der Waals surface area contributed by atoms with Gasteiger partial charge in [-0.3, -0.25) is 0 Å². The van der Waals surface area contributed by atoms with Gasteiger partial charge < -0.3 is 15.4 Å². The van der Waals surface area contributed by atoms with Crippen LogP contribution in [0, 0.1) is 6.92 Å². The van der Waals surface area contributed by atoms with Crippen molar-refractivity contribution in [2.45, 2.75) is 13.5 Å². The predicted octanol–water partition coefficient (Wildman–Crippen LogP) is 1.50. The first-order valence-corrected chi connectivity index (χ1v) is 5.65. The topological polar surface area (TPSA) is 50.4 Å². The number of carbonyl (C=O) groups is 1. The van der Waals surface area contributed by atoms with Crippen LogP contribution in [0.4, 0.5) is 4.79 Å². The molecule has 1 aromatic heterocycles. The zero-order valence-corrected chi connectivity index (χ0v) is 9.82. The molecule has 0 aliphatic heterocycles. The molecular formula is C10H16N2O2S. The number of urea groups is 1. The third-order valence-corrected chi connectivity index (χ3v) is 2.99. The second kappa shape index (κ2) is 6.42. The minimum Gasteiger partial charge on any atom is -0.383 e. The molecule has 0 spiro atoms. The zero-order chi connectivity index (χ0) is 11.1. The minimum absolute atomic E-state index is 0.153. The molecule has 0 bridgehead atoms. The molecule has 5 heteroatoms. The van der Waals surface area contributed by atoms with E-state index >= 15 is 0 Å². The number of rotatable bonds is 5. The van der Waals surface area contributed by atoms with E-state index < -0.39 is 0 Å². The maximum absolute atomic E-state index is 11.3. The Balaban J connectivity index is 2.20. The Kier molecular flexibility index (Phi) is 5.14. The van der Waals surface area contributed by atoms with Crippen LogP contribution < -0.4 is 10.6 Å². The zero-order valence-electron chi connectivity index (χ0n) is 9.00. The molecule has 0 atom stereocenters. The molecule has 0 aromatic carbocycles. The molecule has 0 aliphatic rings. The summed E-state index contributed by atoms with van der Waals surface area (Å²) in [6.45, 7) is 3.69. The Morgan fingerprint density at radius 1 is 1.53 bits per heavy atom. The van der Waals surface area contributed by atoms with E-state index in [4.69, 9.17) is 4.74 Å². The summed E-state index contributed by atoms with van der Waals surface area (Å²) in [4.78, 5) is 12.4. The van der Waals surface area contributed by atoms with Gasteiger partial charge in [-0.2, -0.15) is 0 Å². The predicted molar refractivity (Wildman–Crippen MR) is 61.2 cm³/mol. The SMILES string of the molecule is COCCNC(=O)NCc1sccc1C. The van der Waals surface area contributed by atoms with Gasteiger partial charge >= 0.3 is 6.03 Å². The third-order valence-electron chi connectivity index (χ3n) is 1.97. The molecule has 0 saturated carbocycles. The lowest BCUT2D eigenvalue weighted by molar-refractivity contribution is 0.196. The fourth-order valence-corrected chi connectivity index (χ4v) is 1.92. The van der Waals surface area contributed by atoms with E-state index in [1.54, 1.807) is 18.4 Å². The van der Waals surface area contributed by atoms with E-state index in [9.17, 15) is 4.79 Å². The average Bonchev–Trinajstić information content (AvgIpc) is 2.61. The van der Waals surface area contributed by atoms with Crippen molar-refractivity contribution in [1.82, 2.24) is 10.6 Å². The highest BCUT2D eigenvalue weighted by Crippen LogP contribution is 2.14. The number of carbonyl (C=O) groups excluding carboxylic acids is 1. The van der Waals surface area contributed by atoms with Gasteiger partial charge in [0.2, 0.25) is 0 Å². The summed E-state index contributed by atoms with van der Waals surface area (Å²) in [5, 5.41) is 7.51. The maximum atomic E-state index is 11.3. The lowest BCUT2D eigenvalue weighted by atomic mass is 10.3. The number of aryl methyl sites for hydroxylation is 1. The summed E-state index contributed by atoms with van der Waals surface area (Å²) in [7, 11) is 1.61. The number of methoxy groups -OCH3 is 1. The largest absolute Gasteiger partial charge is 0.383 e. The molecule has 1 heterocycles. The van der Waals surface area contributed by atoms with Crippen molar-refractivity contribution < 1.29 is 9.53 Å². The van der Waals surface area contributed by atoms with Crippen molar-refractivity contribution >= 4 is 17.4 Å². The van der Waals surface area contributed by atoms with E-state index in [1.807, 2.05) is 18.4 Å². The van der Waals surface area contributed by atoms with Crippen LogP contribution in [0.2, 0.25) is 0 Å². The molecule has 0 fully saturated rings. The molecule has 2 amide bonds. The van der Waals surface area contributed by atoms with Gasteiger partial charge in [-0.05, 0) is 23.9 Å². The van der Waals surface area contributed by atoms with Gasteiger partial charge in [0.05, 0.1) is 13.2 Å². The van der Waals surface area contributed by atoms with Crippen LogP contribution in [0.15, 0.2) is 11.4 Å². The number of hydrogen-bond donors (Lipinski definition) is 2. The lowest BCUT2D eigenvalue weighted by Crippen LogP contribution is -2.36. The molecule has 2 N–H and O–H groups in total. The Bertz CT molecular complexity index is 312. The van der Waals surface area contributed by atoms with Crippen LogP contribution in [-0.2, 0) is 11.3 Å². The normalized spacial score (nSPS) is 10.0. The molecule has 0 saturated heterocycles. The number of amides is 2. The molecule has 0 unspecified atom stereocenters. The first-order valence-electron chi connectivity index (χ1n) is 4.77. The van der Waals surface area contributed by atoms with E-state index in [0.29, 0.717) is 19.7 Å². The number of thiophene rings is 1. The standard InChI is InChI=1S/C10H16N2O2S/c1-8-3-6-15-9(8)7-12-10(13)11-4-5-14-2/h3,6H,4-5,7H2,1-2H3,(H2,11,12,13). The fraction of sp³-hybridized carbons (Fsp3) is 0.500. The van der Waals surface area contributed by atoms with Crippen LogP contribution in [0.25, 0.3) is 0 Å². The Morgan fingerprint density at radius 3 is 2.93 bits per heavy atom. The smallest absolute Gasteiger partial charge is 0.315 e. The molecule has 1 aromatic rings. The Labute approximate surface area is 93.6 Å². The van der Waals surface area contributed by atoms with Gasteiger partial charge in [0, 0.05) is 18.5 Å². The molecular weight excluding hydrogens is 212 g/mol.